The Labute approximate surface area is 173 Å². The molecule has 4 N–H and O–H groups in total. The quantitative estimate of drug-likeness (QED) is 0.386. The fourth-order valence-corrected chi connectivity index (χ4v) is 3.10. The number of aromatic nitrogens is 3. The highest BCUT2D eigenvalue weighted by Crippen LogP contribution is 2.29. The Kier molecular flexibility index (Phi) is 6.17. The van der Waals surface area contributed by atoms with Crippen LogP contribution < -0.4 is 26.0 Å². The Balaban J connectivity index is 1.75. The first-order valence-corrected chi connectivity index (χ1v) is 9.41. The summed E-state index contributed by atoms with van der Waals surface area (Å²) in [5.74, 6) is 0.283. The molecule has 152 valence electrons. The van der Waals surface area contributed by atoms with E-state index in [0.29, 0.717) is 11.7 Å². The lowest BCUT2D eigenvalue weighted by atomic mass is 10.1. The van der Waals surface area contributed by atoms with Crippen molar-refractivity contribution in [1.29, 1.82) is 0 Å². The van der Waals surface area contributed by atoms with Gasteiger partial charge in [-0.1, -0.05) is 0 Å². The van der Waals surface area contributed by atoms with Gasteiger partial charge in [0.25, 0.3) is 5.88 Å². The summed E-state index contributed by atoms with van der Waals surface area (Å²) in [6.45, 7) is 5.25. The number of hydrogen-bond acceptors (Lipinski definition) is 7. The van der Waals surface area contributed by atoms with Crippen LogP contribution in [0, 0.1) is 0 Å². The number of thiocarbonyl (C=S) groups is 1. The van der Waals surface area contributed by atoms with E-state index in [0.717, 1.165) is 18.7 Å². The molecule has 2 aromatic rings. The first kappa shape index (κ1) is 20.4. The summed E-state index contributed by atoms with van der Waals surface area (Å²) in [5, 5.41) is 5.13. The minimum Gasteiger partial charge on any atom is -0.387 e. The van der Waals surface area contributed by atoms with Crippen LogP contribution in [0.1, 0.15) is 25.1 Å². The molecule has 0 atom stereocenters. The van der Waals surface area contributed by atoms with Gasteiger partial charge in [-0.3, -0.25) is 4.98 Å². The second kappa shape index (κ2) is 8.78. The summed E-state index contributed by atoms with van der Waals surface area (Å²) in [6.07, 6.45) is 4.88. The normalized spacial score (nSPS) is 13.2. The number of hydrogen-bond donors (Lipinski definition) is 3. The van der Waals surface area contributed by atoms with Gasteiger partial charge in [0.05, 0.1) is 11.9 Å². The van der Waals surface area contributed by atoms with Crippen LogP contribution in [-0.2, 0) is 6.42 Å². The molecule has 3 rings (SSSR count). The van der Waals surface area contributed by atoms with Crippen LogP contribution >= 0.6 is 12.2 Å². The van der Waals surface area contributed by atoms with Gasteiger partial charge in [0.1, 0.15) is 5.69 Å². The van der Waals surface area contributed by atoms with Crippen LogP contribution in [0.5, 0.6) is 5.88 Å². The van der Waals surface area contributed by atoms with Crippen molar-refractivity contribution < 1.29 is 9.53 Å². The van der Waals surface area contributed by atoms with Crippen LogP contribution in [0.2, 0.25) is 0 Å². The number of aliphatic imine (C=N–C) groups is 1. The third kappa shape index (κ3) is 4.74. The van der Waals surface area contributed by atoms with Gasteiger partial charge in [-0.05, 0) is 44.1 Å². The standard InChI is InChI=1S/C18H22N8O2S/c1-10(2)26-7-4-11-8-12(23-9-13(11)26)14(19)24-17(29)25-15-16(22-6-5-21-15)28-18(27)20-3/h5-6,8-10H,4,7H2,1-3H3,(H,20,27)(H3,19,21,24,25,29). The van der Waals surface area contributed by atoms with Crippen molar-refractivity contribution >= 4 is 40.8 Å². The molecule has 0 bridgehead atoms. The molecule has 29 heavy (non-hydrogen) atoms. The predicted molar refractivity (Wildman–Crippen MR) is 114 cm³/mol. The van der Waals surface area contributed by atoms with Crippen molar-refractivity contribution in [3.8, 4) is 5.88 Å². The third-order valence-corrected chi connectivity index (χ3v) is 4.48. The molecule has 11 heteroatoms. The van der Waals surface area contributed by atoms with E-state index in [1.165, 1.54) is 25.0 Å². The van der Waals surface area contributed by atoms with Crippen LogP contribution in [0.25, 0.3) is 0 Å². The molecule has 0 aromatic carbocycles. The van der Waals surface area contributed by atoms with Crippen molar-refractivity contribution in [3.05, 3.63) is 35.9 Å². The van der Waals surface area contributed by atoms with Crippen LogP contribution in [0.4, 0.5) is 16.3 Å². The molecular formula is C18H22N8O2S. The Hall–Kier alpha value is -3.34. The minimum absolute atomic E-state index is 0.0348. The molecule has 0 saturated carbocycles. The van der Waals surface area contributed by atoms with Gasteiger partial charge in [0.2, 0.25) is 5.11 Å². The highest BCUT2D eigenvalue weighted by molar-refractivity contribution is 7.80. The maximum atomic E-state index is 11.4. The molecule has 2 aromatic heterocycles. The molecule has 0 aliphatic carbocycles. The average Bonchev–Trinajstić information content (AvgIpc) is 3.12. The van der Waals surface area contributed by atoms with Gasteiger partial charge in [0.15, 0.2) is 11.7 Å². The van der Waals surface area contributed by atoms with E-state index in [1.807, 2.05) is 12.3 Å². The number of nitrogens with one attached hydrogen (secondary N) is 2. The van der Waals surface area contributed by atoms with E-state index in [1.54, 1.807) is 0 Å². The van der Waals surface area contributed by atoms with Gasteiger partial charge in [-0.15, -0.1) is 0 Å². The van der Waals surface area contributed by atoms with Gasteiger partial charge in [-0.2, -0.15) is 0 Å². The largest absolute Gasteiger partial charge is 0.413 e. The summed E-state index contributed by atoms with van der Waals surface area (Å²) in [7, 11) is 1.44. The van der Waals surface area contributed by atoms with Crippen LogP contribution in [0.3, 0.4) is 0 Å². The maximum absolute atomic E-state index is 11.4. The fourth-order valence-electron chi connectivity index (χ4n) is 2.91. The lowest BCUT2D eigenvalue weighted by Crippen LogP contribution is -2.28. The number of amidine groups is 1. The van der Waals surface area contributed by atoms with Crippen LogP contribution in [-0.4, -0.2) is 51.6 Å². The first-order chi connectivity index (χ1) is 13.9. The first-order valence-electron chi connectivity index (χ1n) is 9.00. The van der Waals surface area contributed by atoms with Gasteiger partial charge in [0, 0.05) is 32.0 Å². The Morgan fingerprint density at radius 1 is 1.34 bits per heavy atom. The maximum Gasteiger partial charge on any atom is 0.413 e. The lowest BCUT2D eigenvalue weighted by Gasteiger charge is -2.23. The lowest BCUT2D eigenvalue weighted by molar-refractivity contribution is 0.201. The van der Waals surface area contributed by atoms with Crippen molar-refractivity contribution in [3.63, 3.8) is 0 Å². The molecule has 0 radical (unpaired) electrons. The smallest absolute Gasteiger partial charge is 0.387 e. The molecule has 1 aliphatic heterocycles. The zero-order valence-electron chi connectivity index (χ0n) is 16.3. The zero-order chi connectivity index (χ0) is 21.0. The van der Waals surface area contributed by atoms with Crippen molar-refractivity contribution in [2.75, 3.05) is 23.8 Å². The summed E-state index contributed by atoms with van der Waals surface area (Å²) in [6, 6.07) is 2.34. The molecular weight excluding hydrogens is 392 g/mol. The van der Waals surface area contributed by atoms with Crippen molar-refractivity contribution in [2.45, 2.75) is 26.3 Å². The third-order valence-electron chi connectivity index (χ3n) is 4.29. The van der Waals surface area contributed by atoms with E-state index in [-0.39, 0.29) is 22.6 Å². The predicted octanol–water partition coefficient (Wildman–Crippen LogP) is 1.46. The highest BCUT2D eigenvalue weighted by atomic mass is 32.1. The molecule has 1 aliphatic rings. The van der Waals surface area contributed by atoms with Gasteiger partial charge in [-0.25, -0.2) is 19.8 Å². The Morgan fingerprint density at radius 2 is 2.10 bits per heavy atom. The van der Waals surface area contributed by atoms with Crippen molar-refractivity contribution in [2.24, 2.45) is 10.7 Å². The number of amides is 1. The number of carbonyl (C=O) groups is 1. The number of fused-ring (bicyclic) bond motifs is 1. The molecule has 1 amide bonds. The molecule has 3 heterocycles. The molecule has 0 fully saturated rings. The number of ether oxygens (including phenoxy) is 1. The number of rotatable bonds is 4. The Bertz CT molecular complexity index is 963. The van der Waals surface area contributed by atoms with Gasteiger partial charge >= 0.3 is 6.09 Å². The van der Waals surface area contributed by atoms with Crippen LogP contribution in [0.15, 0.2) is 29.6 Å². The molecule has 0 saturated heterocycles. The molecule has 0 spiro atoms. The second-order valence-corrected chi connectivity index (χ2v) is 6.90. The SMILES string of the molecule is CNC(=O)Oc1nccnc1NC(=S)/N=C(\N)c1cc2c(cn1)N(C(C)C)CC2. The zero-order valence-corrected chi connectivity index (χ0v) is 17.2. The summed E-state index contributed by atoms with van der Waals surface area (Å²) < 4.78 is 5.02. The minimum atomic E-state index is -0.680. The van der Waals surface area contributed by atoms with E-state index in [2.05, 4.69) is 49.3 Å². The molecule has 0 unspecified atom stereocenters. The van der Waals surface area contributed by atoms with Crippen molar-refractivity contribution in [1.82, 2.24) is 20.3 Å². The molecule has 10 nitrogen and oxygen atoms in total. The number of pyridine rings is 1. The number of nitrogens with zero attached hydrogens (tertiary/aromatic N) is 5. The number of carbonyl (C=O) groups excluding carboxylic acids is 1. The van der Waals surface area contributed by atoms with Gasteiger partial charge < -0.3 is 26.0 Å². The summed E-state index contributed by atoms with van der Waals surface area (Å²) in [5.41, 5.74) is 8.93. The van der Waals surface area contributed by atoms with E-state index in [4.69, 9.17) is 22.7 Å². The Morgan fingerprint density at radius 3 is 2.83 bits per heavy atom. The van der Waals surface area contributed by atoms with E-state index < -0.39 is 6.09 Å². The average molecular weight is 414 g/mol. The monoisotopic (exact) mass is 414 g/mol. The summed E-state index contributed by atoms with van der Waals surface area (Å²) in [4.78, 5) is 30.3. The van der Waals surface area contributed by atoms with E-state index in [9.17, 15) is 4.79 Å². The van der Waals surface area contributed by atoms with E-state index >= 15 is 0 Å². The number of nitrogens with two attached hydrogens (primary N) is 1. The summed E-state index contributed by atoms with van der Waals surface area (Å²) >= 11 is 5.23. The topological polar surface area (TPSA) is 131 Å². The highest BCUT2D eigenvalue weighted by Gasteiger charge is 2.22. The second-order valence-electron chi connectivity index (χ2n) is 6.51. The fraction of sp³-hybridized carbons (Fsp3) is 0.333. The number of anilines is 2.